The van der Waals surface area contributed by atoms with E-state index in [0.717, 1.165) is 48.3 Å². The summed E-state index contributed by atoms with van der Waals surface area (Å²) in [4.78, 5) is 24.5. The summed E-state index contributed by atoms with van der Waals surface area (Å²) in [7, 11) is 0. The number of aliphatic hydroxyl groups is 1. The zero-order valence-corrected chi connectivity index (χ0v) is 30.8. The number of fused-ring (bicyclic) bond motifs is 1. The molecule has 8 nitrogen and oxygen atoms in total. The number of amides is 1. The van der Waals surface area contributed by atoms with Gasteiger partial charge in [0.2, 0.25) is 0 Å². The average Bonchev–Trinajstić information content (AvgIpc) is 3.17. The van der Waals surface area contributed by atoms with Crippen molar-refractivity contribution in [2.45, 2.75) is 122 Å². The van der Waals surface area contributed by atoms with Gasteiger partial charge in [-0.1, -0.05) is 127 Å². The molecule has 0 saturated carbocycles. The summed E-state index contributed by atoms with van der Waals surface area (Å²) < 4.78 is 13.4. The number of nitrogens with zero attached hydrogens (tertiary/aromatic N) is 3. The summed E-state index contributed by atoms with van der Waals surface area (Å²) in [5, 5.41) is 12.6. The molecule has 1 amide bonds. The van der Waals surface area contributed by atoms with Crippen molar-refractivity contribution in [2.75, 3.05) is 25.0 Å². The van der Waals surface area contributed by atoms with E-state index >= 15 is 0 Å². The van der Waals surface area contributed by atoms with Crippen molar-refractivity contribution in [1.82, 2.24) is 14.9 Å². The van der Waals surface area contributed by atoms with E-state index in [4.69, 9.17) is 9.47 Å². The first-order valence-corrected chi connectivity index (χ1v) is 19.4. The van der Waals surface area contributed by atoms with E-state index in [0.29, 0.717) is 11.2 Å². The van der Waals surface area contributed by atoms with Crippen LogP contribution in [0, 0.1) is 0 Å². The first-order chi connectivity index (χ1) is 25.1. The van der Waals surface area contributed by atoms with Crippen molar-refractivity contribution in [1.29, 1.82) is 0 Å². The number of carbonyl (C=O) groups excluding carboxylic acids is 1. The predicted molar refractivity (Wildman–Crippen MR) is 206 cm³/mol. The van der Waals surface area contributed by atoms with Gasteiger partial charge in [-0.15, -0.1) is 0 Å². The maximum atomic E-state index is 13.0. The van der Waals surface area contributed by atoms with Gasteiger partial charge >= 0.3 is 0 Å². The topological polar surface area (TPSA) is 96.8 Å². The number of carbonyl (C=O) groups is 1. The van der Waals surface area contributed by atoms with Gasteiger partial charge in [0.25, 0.3) is 5.91 Å². The molecule has 2 heterocycles. The summed E-state index contributed by atoms with van der Waals surface area (Å²) >= 11 is 0. The maximum absolute atomic E-state index is 13.0. The molecule has 5 rings (SSSR count). The minimum Gasteiger partial charge on any atom is -0.392 e. The lowest BCUT2D eigenvalue weighted by molar-refractivity contribution is -0.253. The Morgan fingerprint density at radius 3 is 2.02 bits per heavy atom. The number of aromatic nitrogens is 2. The molecule has 1 aliphatic rings. The Morgan fingerprint density at radius 1 is 0.765 bits per heavy atom. The summed E-state index contributed by atoms with van der Waals surface area (Å²) in [6.45, 7) is 7.62. The van der Waals surface area contributed by atoms with Crippen LogP contribution in [0.4, 0.5) is 5.69 Å². The second-order valence-corrected chi connectivity index (χ2v) is 14.0. The summed E-state index contributed by atoms with van der Waals surface area (Å²) in [5.41, 5.74) is 5.23. The molecule has 0 bridgehead atoms. The highest BCUT2D eigenvalue weighted by Gasteiger charge is 2.33. The normalized spacial score (nSPS) is 17.6. The van der Waals surface area contributed by atoms with Gasteiger partial charge in [-0.3, -0.25) is 9.78 Å². The molecule has 1 fully saturated rings. The van der Waals surface area contributed by atoms with E-state index in [1.54, 1.807) is 0 Å². The molecule has 0 radical (unpaired) electrons. The minimum absolute atomic E-state index is 0.00249. The van der Waals surface area contributed by atoms with Crippen LogP contribution in [0.1, 0.15) is 137 Å². The molecule has 274 valence electrons. The van der Waals surface area contributed by atoms with Gasteiger partial charge in [-0.2, -0.15) is 0 Å². The number of unbranched alkanes of at least 4 members (excludes halogenated alkanes) is 10. The van der Waals surface area contributed by atoms with Crippen molar-refractivity contribution in [2.24, 2.45) is 0 Å². The minimum atomic E-state index is -0.549. The molecule has 1 saturated heterocycles. The van der Waals surface area contributed by atoms with E-state index in [1.165, 1.54) is 83.2 Å². The Bertz CT molecular complexity index is 1580. The Morgan fingerprint density at radius 2 is 1.37 bits per heavy atom. The molecular weight excluding hydrogens is 636 g/mol. The van der Waals surface area contributed by atoms with Crippen LogP contribution in [-0.4, -0.2) is 51.6 Å². The van der Waals surface area contributed by atoms with E-state index in [9.17, 15) is 9.90 Å². The van der Waals surface area contributed by atoms with Crippen molar-refractivity contribution in [3.63, 3.8) is 0 Å². The van der Waals surface area contributed by atoms with Gasteiger partial charge in [-0.25, -0.2) is 4.98 Å². The summed E-state index contributed by atoms with van der Waals surface area (Å²) in [6, 6.07) is 23.3. The number of aliphatic hydroxyl groups excluding tert-OH is 1. The third kappa shape index (κ3) is 12.2. The molecule has 3 aromatic carbocycles. The van der Waals surface area contributed by atoms with Gasteiger partial charge < -0.3 is 24.8 Å². The first-order valence-electron chi connectivity index (χ1n) is 19.4. The number of hydrogen-bond donors (Lipinski definition) is 2. The largest absolute Gasteiger partial charge is 0.392 e. The van der Waals surface area contributed by atoms with E-state index < -0.39 is 6.29 Å². The van der Waals surface area contributed by atoms with Crippen molar-refractivity contribution >= 4 is 22.6 Å². The standard InChI is InChI=1S/C43H58N4O4/c1-3-5-7-9-11-15-27-47(28-16-12-10-8-6-4-2)31-37-29-41(34-21-19-33(32-48)20-22-34)51-43(50-37)35-23-25-36(26-24-35)45-42(49)40-30-44-38-17-13-14-18-39(38)46-40/h13-14,17-26,30,37,41,43,48H,3-12,15-16,27-29,31-32H2,1-2H3,(H,45,49)/t37-,41+,43+/m1/s1. The second-order valence-electron chi connectivity index (χ2n) is 14.0. The number of para-hydroxylation sites is 2. The highest BCUT2D eigenvalue weighted by atomic mass is 16.7. The maximum Gasteiger partial charge on any atom is 0.275 e. The van der Waals surface area contributed by atoms with Crippen molar-refractivity contribution in [3.8, 4) is 0 Å². The van der Waals surface area contributed by atoms with Crippen molar-refractivity contribution < 1.29 is 19.4 Å². The number of anilines is 1. The van der Waals surface area contributed by atoms with E-state index in [2.05, 4.69) is 46.2 Å². The van der Waals surface area contributed by atoms with E-state index in [1.807, 2.05) is 60.7 Å². The number of nitrogens with one attached hydrogen (secondary N) is 1. The van der Waals surface area contributed by atoms with Gasteiger partial charge in [0.15, 0.2) is 6.29 Å². The van der Waals surface area contributed by atoms with Crippen LogP contribution < -0.4 is 5.32 Å². The van der Waals surface area contributed by atoms with Crippen molar-refractivity contribution in [3.05, 3.63) is 101 Å². The number of ether oxygens (including phenoxy) is 2. The third-order valence-corrected chi connectivity index (χ3v) is 9.85. The fourth-order valence-electron chi connectivity index (χ4n) is 6.83. The summed E-state index contributed by atoms with van der Waals surface area (Å²) in [6.07, 6.45) is 17.0. The molecule has 8 heteroatoms. The van der Waals surface area contributed by atoms with Gasteiger partial charge in [-0.05, 0) is 61.3 Å². The molecule has 0 spiro atoms. The van der Waals surface area contributed by atoms with Gasteiger partial charge in [0, 0.05) is 24.2 Å². The highest BCUT2D eigenvalue weighted by molar-refractivity contribution is 6.03. The fourth-order valence-corrected chi connectivity index (χ4v) is 6.83. The quantitative estimate of drug-likeness (QED) is 0.0838. The van der Waals surface area contributed by atoms with Gasteiger partial charge in [0.1, 0.15) is 5.69 Å². The van der Waals surface area contributed by atoms with Crippen LogP contribution in [0.25, 0.3) is 11.0 Å². The lowest BCUT2D eigenvalue weighted by atomic mass is 9.99. The number of benzene rings is 3. The molecule has 2 N–H and O–H groups in total. The lowest BCUT2D eigenvalue weighted by Crippen LogP contribution is -2.40. The number of rotatable bonds is 21. The highest BCUT2D eigenvalue weighted by Crippen LogP contribution is 2.38. The lowest BCUT2D eigenvalue weighted by Gasteiger charge is -2.38. The molecule has 51 heavy (non-hydrogen) atoms. The zero-order chi connectivity index (χ0) is 35.7. The van der Waals surface area contributed by atoms with Crippen LogP contribution in [0.15, 0.2) is 79.0 Å². The molecule has 0 aliphatic carbocycles. The summed E-state index contributed by atoms with van der Waals surface area (Å²) in [5.74, 6) is -0.312. The van der Waals surface area contributed by atoms with E-state index in [-0.39, 0.29) is 30.4 Å². The van der Waals surface area contributed by atoms with Crippen LogP contribution in [0.5, 0.6) is 0 Å². The Hall–Kier alpha value is -3.69. The fraction of sp³-hybridized carbons (Fsp3) is 0.512. The van der Waals surface area contributed by atoms with Crippen LogP contribution in [0.3, 0.4) is 0 Å². The molecule has 1 aromatic heterocycles. The Balaban J connectivity index is 1.26. The Kier molecular flexibility index (Phi) is 15.9. The average molecular weight is 695 g/mol. The van der Waals surface area contributed by atoms with Gasteiger partial charge in [0.05, 0.1) is 36.0 Å². The first kappa shape index (κ1) is 38.5. The van der Waals surface area contributed by atoms with Crippen LogP contribution in [-0.2, 0) is 16.1 Å². The second kappa shape index (κ2) is 21.0. The zero-order valence-electron chi connectivity index (χ0n) is 30.8. The molecule has 0 unspecified atom stereocenters. The molecular formula is C43H58N4O4. The molecule has 4 aromatic rings. The van der Waals surface area contributed by atoms with Crippen LogP contribution >= 0.6 is 0 Å². The molecule has 3 atom stereocenters. The Labute approximate surface area is 305 Å². The molecule has 1 aliphatic heterocycles. The monoisotopic (exact) mass is 694 g/mol. The smallest absolute Gasteiger partial charge is 0.275 e. The predicted octanol–water partition coefficient (Wildman–Crippen LogP) is 9.94. The van der Waals surface area contributed by atoms with Crippen LogP contribution in [0.2, 0.25) is 0 Å². The SMILES string of the molecule is CCCCCCCCN(CCCCCCCC)C[C@H]1C[C@@H](c2ccc(CO)cc2)O[C@@H](c2ccc(NC(=O)c3cnc4ccccc4n3)cc2)O1. The third-order valence-electron chi connectivity index (χ3n) is 9.85. The number of hydrogen-bond acceptors (Lipinski definition) is 7.